The molecule has 4 nitrogen and oxygen atoms in total. The summed E-state index contributed by atoms with van der Waals surface area (Å²) in [5.74, 6) is -0.217. The summed E-state index contributed by atoms with van der Waals surface area (Å²) in [6, 6.07) is 7.75. The maximum absolute atomic E-state index is 12.2. The van der Waals surface area contributed by atoms with Crippen LogP contribution in [0.3, 0.4) is 0 Å². The summed E-state index contributed by atoms with van der Waals surface area (Å²) >= 11 is 9.18. The molecule has 0 saturated heterocycles. The van der Waals surface area contributed by atoms with Crippen molar-refractivity contribution in [2.45, 2.75) is 6.54 Å². The summed E-state index contributed by atoms with van der Waals surface area (Å²) in [5.41, 5.74) is 1.26. The van der Waals surface area contributed by atoms with Crippen molar-refractivity contribution in [2.24, 2.45) is 0 Å². The zero-order valence-corrected chi connectivity index (χ0v) is 12.5. The Kier molecular flexibility index (Phi) is 4.50. The lowest BCUT2D eigenvalue weighted by Crippen LogP contribution is -2.27. The average Bonchev–Trinajstić information content (AvgIpc) is 2.40. The van der Waals surface area contributed by atoms with Gasteiger partial charge in [-0.25, -0.2) is 4.98 Å². The van der Waals surface area contributed by atoms with Gasteiger partial charge in [-0.3, -0.25) is 9.78 Å². The highest BCUT2D eigenvalue weighted by Gasteiger charge is 2.15. The van der Waals surface area contributed by atoms with Crippen LogP contribution >= 0.6 is 27.5 Å². The summed E-state index contributed by atoms with van der Waals surface area (Å²) in [6.45, 7) is 0.481. The van der Waals surface area contributed by atoms with Crippen LogP contribution in [0.4, 0.5) is 0 Å². The minimum atomic E-state index is -0.217. The fourth-order valence-electron chi connectivity index (χ4n) is 1.59. The van der Waals surface area contributed by atoms with Crippen molar-refractivity contribution in [3.8, 4) is 0 Å². The second-order valence-corrected chi connectivity index (χ2v) is 5.22. The van der Waals surface area contributed by atoms with Gasteiger partial charge in [0.2, 0.25) is 0 Å². The molecule has 1 aromatic carbocycles. The van der Waals surface area contributed by atoms with E-state index in [-0.39, 0.29) is 16.8 Å². The first-order chi connectivity index (χ1) is 9.08. The number of halogens is 2. The quantitative estimate of drug-likeness (QED) is 0.862. The van der Waals surface area contributed by atoms with Gasteiger partial charge >= 0.3 is 0 Å². The van der Waals surface area contributed by atoms with Crippen molar-refractivity contribution in [3.63, 3.8) is 0 Å². The van der Waals surface area contributed by atoms with E-state index in [1.54, 1.807) is 11.9 Å². The number of amides is 1. The van der Waals surface area contributed by atoms with Gasteiger partial charge in [-0.05, 0) is 11.6 Å². The lowest BCUT2D eigenvalue weighted by atomic mass is 10.2. The molecule has 0 spiro atoms. The number of nitrogens with zero attached hydrogens (tertiary/aromatic N) is 3. The molecular formula is C13H11BrClN3O. The molecule has 0 unspecified atom stereocenters. The van der Waals surface area contributed by atoms with Crippen molar-refractivity contribution in [3.05, 3.63) is 57.5 Å². The monoisotopic (exact) mass is 339 g/mol. The summed E-state index contributed by atoms with van der Waals surface area (Å²) in [4.78, 5) is 21.6. The molecule has 0 bridgehead atoms. The van der Waals surface area contributed by atoms with Gasteiger partial charge in [0.05, 0.1) is 12.4 Å². The maximum atomic E-state index is 12.2. The van der Waals surface area contributed by atoms with Crippen LogP contribution in [0.15, 0.2) is 41.1 Å². The lowest BCUT2D eigenvalue weighted by molar-refractivity contribution is 0.0778. The standard InChI is InChI=1S/C13H11BrClN3O/c1-18(8-9-4-2-3-5-10(9)14)13(19)11-6-16-7-12(15)17-11/h2-7H,8H2,1H3. The summed E-state index contributed by atoms with van der Waals surface area (Å²) in [6.07, 6.45) is 2.80. The number of rotatable bonds is 3. The van der Waals surface area contributed by atoms with E-state index in [4.69, 9.17) is 11.6 Å². The van der Waals surface area contributed by atoms with Crippen LogP contribution in [-0.4, -0.2) is 27.8 Å². The van der Waals surface area contributed by atoms with Crippen LogP contribution in [0.25, 0.3) is 0 Å². The van der Waals surface area contributed by atoms with Crippen LogP contribution in [0.2, 0.25) is 5.15 Å². The third kappa shape index (κ3) is 3.52. The Morgan fingerprint density at radius 2 is 2.11 bits per heavy atom. The highest BCUT2D eigenvalue weighted by atomic mass is 79.9. The Hall–Kier alpha value is -1.46. The third-order valence-electron chi connectivity index (χ3n) is 2.54. The molecule has 19 heavy (non-hydrogen) atoms. The van der Waals surface area contributed by atoms with Crippen molar-refractivity contribution in [2.75, 3.05) is 7.05 Å². The predicted octanol–water partition coefficient (Wildman–Crippen LogP) is 3.16. The number of hydrogen-bond donors (Lipinski definition) is 0. The topological polar surface area (TPSA) is 46.1 Å². The molecule has 0 fully saturated rings. The number of hydrogen-bond acceptors (Lipinski definition) is 3. The number of aromatic nitrogens is 2. The lowest BCUT2D eigenvalue weighted by Gasteiger charge is -2.17. The molecule has 1 aromatic heterocycles. The molecular weight excluding hydrogens is 330 g/mol. The SMILES string of the molecule is CN(Cc1ccccc1Br)C(=O)c1cncc(Cl)n1. The highest BCUT2D eigenvalue weighted by molar-refractivity contribution is 9.10. The van der Waals surface area contributed by atoms with E-state index in [1.807, 2.05) is 24.3 Å². The molecule has 2 rings (SSSR count). The Labute approximate surface area is 124 Å². The van der Waals surface area contributed by atoms with Crippen molar-refractivity contribution >= 4 is 33.4 Å². The predicted molar refractivity (Wildman–Crippen MR) is 77.0 cm³/mol. The molecule has 0 aliphatic carbocycles. The van der Waals surface area contributed by atoms with E-state index in [0.29, 0.717) is 6.54 Å². The van der Waals surface area contributed by atoms with Gasteiger partial charge in [0.25, 0.3) is 5.91 Å². The maximum Gasteiger partial charge on any atom is 0.274 e. The largest absolute Gasteiger partial charge is 0.336 e. The summed E-state index contributed by atoms with van der Waals surface area (Å²) in [7, 11) is 1.71. The zero-order valence-electron chi connectivity index (χ0n) is 10.2. The van der Waals surface area contributed by atoms with E-state index < -0.39 is 0 Å². The first kappa shape index (κ1) is 14.0. The second kappa shape index (κ2) is 6.12. The van der Waals surface area contributed by atoms with Gasteiger partial charge in [-0.15, -0.1) is 0 Å². The van der Waals surface area contributed by atoms with Crippen molar-refractivity contribution < 1.29 is 4.79 Å². The average molecular weight is 341 g/mol. The van der Waals surface area contributed by atoms with Crippen molar-refractivity contribution in [1.82, 2.24) is 14.9 Å². The van der Waals surface area contributed by atoms with Gasteiger partial charge < -0.3 is 4.90 Å². The minimum Gasteiger partial charge on any atom is -0.336 e. The minimum absolute atomic E-state index is 0.208. The first-order valence-electron chi connectivity index (χ1n) is 5.54. The fourth-order valence-corrected chi connectivity index (χ4v) is 2.15. The van der Waals surface area contributed by atoms with Crippen LogP contribution in [0.1, 0.15) is 16.1 Å². The normalized spacial score (nSPS) is 10.3. The second-order valence-electron chi connectivity index (χ2n) is 3.98. The number of benzene rings is 1. The van der Waals surface area contributed by atoms with Gasteiger partial charge in [-0.2, -0.15) is 0 Å². The zero-order chi connectivity index (χ0) is 13.8. The van der Waals surface area contributed by atoms with E-state index >= 15 is 0 Å². The summed E-state index contributed by atoms with van der Waals surface area (Å²) < 4.78 is 0.965. The molecule has 6 heteroatoms. The molecule has 0 N–H and O–H groups in total. The van der Waals surface area contributed by atoms with Crippen molar-refractivity contribution in [1.29, 1.82) is 0 Å². The van der Waals surface area contributed by atoms with Gasteiger partial charge in [0.15, 0.2) is 0 Å². The fraction of sp³-hybridized carbons (Fsp3) is 0.154. The molecule has 1 amide bonds. The molecule has 0 atom stereocenters. The molecule has 1 heterocycles. The molecule has 2 aromatic rings. The third-order valence-corrected chi connectivity index (χ3v) is 3.49. The summed E-state index contributed by atoms with van der Waals surface area (Å²) in [5, 5.41) is 0.208. The van der Waals surface area contributed by atoms with Gasteiger partial charge in [0.1, 0.15) is 10.8 Å². The van der Waals surface area contributed by atoms with Gasteiger partial charge in [-0.1, -0.05) is 45.7 Å². The van der Waals surface area contributed by atoms with Crippen LogP contribution < -0.4 is 0 Å². The van der Waals surface area contributed by atoms with Gasteiger partial charge in [0, 0.05) is 18.1 Å². The first-order valence-corrected chi connectivity index (χ1v) is 6.71. The molecule has 0 saturated carbocycles. The highest BCUT2D eigenvalue weighted by Crippen LogP contribution is 2.18. The molecule has 0 aliphatic rings. The molecule has 0 radical (unpaired) electrons. The molecule has 98 valence electrons. The Bertz CT molecular complexity index is 606. The van der Waals surface area contributed by atoms with Crippen LogP contribution in [-0.2, 0) is 6.54 Å². The Morgan fingerprint density at radius 1 is 1.37 bits per heavy atom. The molecule has 0 aliphatic heterocycles. The van der Waals surface area contributed by atoms with E-state index in [1.165, 1.54) is 12.4 Å². The van der Waals surface area contributed by atoms with Crippen LogP contribution in [0.5, 0.6) is 0 Å². The smallest absolute Gasteiger partial charge is 0.274 e. The van der Waals surface area contributed by atoms with Crippen LogP contribution in [0, 0.1) is 0 Å². The van der Waals surface area contributed by atoms with E-state index in [9.17, 15) is 4.79 Å². The van der Waals surface area contributed by atoms with E-state index in [2.05, 4.69) is 25.9 Å². The number of carbonyl (C=O) groups is 1. The Morgan fingerprint density at radius 3 is 2.79 bits per heavy atom. The Balaban J connectivity index is 2.14. The number of carbonyl (C=O) groups excluding carboxylic acids is 1. The van der Waals surface area contributed by atoms with E-state index in [0.717, 1.165) is 10.0 Å².